The van der Waals surface area contributed by atoms with Crippen LogP contribution in [0.15, 0.2) is 24.3 Å². The summed E-state index contributed by atoms with van der Waals surface area (Å²) in [5.74, 6) is 0.947. The lowest BCUT2D eigenvalue weighted by atomic mass is 10.0. The second-order valence-electron chi connectivity index (χ2n) is 6.35. The molecular formula is C16H23NO. The van der Waals surface area contributed by atoms with Crippen LogP contribution in [-0.4, -0.2) is 18.4 Å². The molecule has 1 aromatic rings. The minimum atomic E-state index is 0.0676. The normalized spacial score (nSPS) is 15.6. The Morgan fingerprint density at radius 1 is 1.33 bits per heavy atom. The zero-order chi connectivity index (χ0) is 13.3. The Balaban J connectivity index is 2.16. The van der Waals surface area contributed by atoms with E-state index >= 15 is 0 Å². The Kier molecular flexibility index (Phi) is 3.47. The molecule has 2 rings (SSSR count). The van der Waals surface area contributed by atoms with Crippen LogP contribution in [0.2, 0.25) is 0 Å². The van der Waals surface area contributed by atoms with Crippen molar-refractivity contribution in [1.29, 1.82) is 0 Å². The maximum atomic E-state index is 12.1. The van der Waals surface area contributed by atoms with Crippen molar-refractivity contribution in [2.45, 2.75) is 45.6 Å². The lowest BCUT2D eigenvalue weighted by Gasteiger charge is -2.34. The van der Waals surface area contributed by atoms with Gasteiger partial charge in [-0.3, -0.25) is 4.79 Å². The van der Waals surface area contributed by atoms with Crippen LogP contribution in [0.1, 0.15) is 50.4 Å². The molecule has 1 aromatic carbocycles. The molecule has 2 nitrogen and oxygen atoms in total. The van der Waals surface area contributed by atoms with Crippen LogP contribution in [0.4, 0.5) is 5.69 Å². The smallest absolute Gasteiger partial charge is 0.163 e. The molecule has 0 atom stereocenters. The molecule has 1 aliphatic carbocycles. The topological polar surface area (TPSA) is 20.3 Å². The van der Waals surface area contributed by atoms with Crippen molar-refractivity contribution < 1.29 is 4.79 Å². The minimum absolute atomic E-state index is 0.0676. The molecule has 0 aromatic heterocycles. The fourth-order valence-electron chi connectivity index (χ4n) is 1.98. The number of carbonyl (C=O) groups excluding carboxylic acids is 1. The molecule has 0 bridgehead atoms. The Labute approximate surface area is 110 Å². The largest absolute Gasteiger partial charge is 0.370 e. The first kappa shape index (κ1) is 13.1. The maximum absolute atomic E-state index is 12.1. The van der Waals surface area contributed by atoms with Gasteiger partial charge in [0.05, 0.1) is 0 Å². The van der Waals surface area contributed by atoms with E-state index in [1.807, 2.05) is 18.2 Å². The monoisotopic (exact) mass is 245 g/mol. The van der Waals surface area contributed by atoms with Crippen molar-refractivity contribution >= 4 is 11.5 Å². The predicted octanol–water partition coefficient (Wildman–Crippen LogP) is 3.90. The number of anilines is 1. The highest BCUT2D eigenvalue weighted by molar-refractivity contribution is 5.97. The van der Waals surface area contributed by atoms with Gasteiger partial charge < -0.3 is 4.90 Å². The summed E-state index contributed by atoms with van der Waals surface area (Å²) in [6.45, 7) is 6.52. The van der Waals surface area contributed by atoms with Gasteiger partial charge in [0.15, 0.2) is 5.78 Å². The van der Waals surface area contributed by atoms with Gasteiger partial charge in [-0.15, -0.1) is 0 Å². The lowest BCUT2D eigenvalue weighted by molar-refractivity contribution is 0.0976. The first-order valence-electron chi connectivity index (χ1n) is 6.75. The molecule has 0 radical (unpaired) electrons. The van der Waals surface area contributed by atoms with Crippen LogP contribution < -0.4 is 4.90 Å². The van der Waals surface area contributed by atoms with Gasteiger partial charge in [0, 0.05) is 30.3 Å². The fourth-order valence-corrected chi connectivity index (χ4v) is 1.98. The standard InChI is InChI=1S/C16H23NO/c1-16(2,3)17(4)14-7-5-6-13(11-14)15(18)10-12-8-9-12/h5-7,11-12H,8-10H2,1-4H3. The summed E-state index contributed by atoms with van der Waals surface area (Å²) >= 11 is 0. The van der Waals surface area contributed by atoms with Crippen LogP contribution in [0, 0.1) is 5.92 Å². The number of hydrogen-bond acceptors (Lipinski definition) is 2. The van der Waals surface area contributed by atoms with Gasteiger partial charge in [-0.05, 0) is 51.7 Å². The molecule has 1 saturated carbocycles. The summed E-state index contributed by atoms with van der Waals surface area (Å²) in [4.78, 5) is 14.3. The van der Waals surface area contributed by atoms with Crippen LogP contribution in [0.25, 0.3) is 0 Å². The summed E-state index contributed by atoms with van der Waals surface area (Å²) in [6.07, 6.45) is 3.18. The van der Waals surface area contributed by atoms with Crippen molar-refractivity contribution in [3.05, 3.63) is 29.8 Å². The minimum Gasteiger partial charge on any atom is -0.370 e. The van der Waals surface area contributed by atoms with Crippen molar-refractivity contribution in [2.75, 3.05) is 11.9 Å². The van der Waals surface area contributed by atoms with E-state index in [4.69, 9.17) is 0 Å². The molecular weight excluding hydrogens is 222 g/mol. The fraction of sp³-hybridized carbons (Fsp3) is 0.562. The van der Waals surface area contributed by atoms with Gasteiger partial charge in [0.1, 0.15) is 0 Å². The Morgan fingerprint density at radius 3 is 2.56 bits per heavy atom. The second-order valence-corrected chi connectivity index (χ2v) is 6.35. The van der Waals surface area contributed by atoms with Crippen LogP contribution in [0.5, 0.6) is 0 Å². The molecule has 1 aliphatic rings. The molecule has 98 valence electrons. The highest BCUT2D eigenvalue weighted by Gasteiger charge is 2.25. The van der Waals surface area contributed by atoms with Crippen molar-refractivity contribution in [2.24, 2.45) is 5.92 Å². The Hall–Kier alpha value is -1.31. The van der Waals surface area contributed by atoms with E-state index in [2.05, 4.69) is 38.8 Å². The zero-order valence-corrected chi connectivity index (χ0v) is 11.9. The summed E-state index contributed by atoms with van der Waals surface area (Å²) < 4.78 is 0. The number of nitrogens with zero attached hydrogens (tertiary/aromatic N) is 1. The third-order valence-corrected chi connectivity index (χ3v) is 3.73. The molecule has 2 heteroatoms. The van der Waals surface area contributed by atoms with E-state index < -0.39 is 0 Å². The quantitative estimate of drug-likeness (QED) is 0.750. The first-order valence-corrected chi connectivity index (χ1v) is 6.75. The number of ketones is 1. The number of benzene rings is 1. The van der Waals surface area contributed by atoms with E-state index in [9.17, 15) is 4.79 Å². The van der Waals surface area contributed by atoms with Crippen LogP contribution in [-0.2, 0) is 0 Å². The zero-order valence-electron chi connectivity index (χ0n) is 11.9. The average molecular weight is 245 g/mol. The number of rotatable bonds is 4. The second kappa shape index (κ2) is 4.75. The Morgan fingerprint density at radius 2 is 2.00 bits per heavy atom. The molecule has 1 fully saturated rings. The number of Topliss-reactive ketones (excluding diaryl/α,β-unsaturated/α-hetero) is 1. The van der Waals surface area contributed by atoms with E-state index in [0.29, 0.717) is 11.7 Å². The highest BCUT2D eigenvalue weighted by Crippen LogP contribution is 2.34. The van der Waals surface area contributed by atoms with E-state index in [-0.39, 0.29) is 5.54 Å². The van der Waals surface area contributed by atoms with Crippen molar-refractivity contribution in [3.63, 3.8) is 0 Å². The molecule has 0 heterocycles. The molecule has 0 saturated heterocycles. The predicted molar refractivity (Wildman–Crippen MR) is 76.3 cm³/mol. The van der Waals surface area contributed by atoms with Gasteiger partial charge in [0.2, 0.25) is 0 Å². The SMILES string of the molecule is CN(c1cccc(C(=O)CC2CC2)c1)C(C)(C)C. The van der Waals surface area contributed by atoms with Gasteiger partial charge in [-0.1, -0.05) is 12.1 Å². The molecule has 0 amide bonds. The molecule has 0 unspecified atom stereocenters. The van der Waals surface area contributed by atoms with Crippen molar-refractivity contribution in [3.8, 4) is 0 Å². The van der Waals surface area contributed by atoms with Gasteiger partial charge in [-0.2, -0.15) is 0 Å². The summed E-state index contributed by atoms with van der Waals surface area (Å²) in [5, 5.41) is 0. The summed E-state index contributed by atoms with van der Waals surface area (Å²) in [6, 6.07) is 8.01. The number of hydrogen-bond donors (Lipinski definition) is 0. The van der Waals surface area contributed by atoms with Gasteiger partial charge in [-0.25, -0.2) is 0 Å². The molecule has 0 spiro atoms. The lowest BCUT2D eigenvalue weighted by Crippen LogP contribution is -2.38. The maximum Gasteiger partial charge on any atom is 0.163 e. The molecule has 0 N–H and O–H groups in total. The average Bonchev–Trinajstić information content (AvgIpc) is 3.11. The van der Waals surface area contributed by atoms with Crippen LogP contribution >= 0.6 is 0 Å². The first-order chi connectivity index (χ1) is 8.38. The third-order valence-electron chi connectivity index (χ3n) is 3.73. The molecule has 0 aliphatic heterocycles. The van der Waals surface area contributed by atoms with Crippen LogP contribution in [0.3, 0.4) is 0 Å². The number of carbonyl (C=O) groups is 1. The van der Waals surface area contributed by atoms with Gasteiger partial charge in [0.25, 0.3) is 0 Å². The highest BCUT2D eigenvalue weighted by atomic mass is 16.1. The Bertz CT molecular complexity index is 441. The molecule has 18 heavy (non-hydrogen) atoms. The summed E-state index contributed by atoms with van der Waals surface area (Å²) in [5.41, 5.74) is 2.04. The third kappa shape index (κ3) is 3.12. The van der Waals surface area contributed by atoms with E-state index in [1.165, 1.54) is 12.8 Å². The van der Waals surface area contributed by atoms with E-state index in [1.54, 1.807) is 0 Å². The van der Waals surface area contributed by atoms with E-state index in [0.717, 1.165) is 17.7 Å². The van der Waals surface area contributed by atoms with Gasteiger partial charge >= 0.3 is 0 Å². The van der Waals surface area contributed by atoms with Crippen molar-refractivity contribution in [1.82, 2.24) is 0 Å². The summed E-state index contributed by atoms with van der Waals surface area (Å²) in [7, 11) is 2.07.